The maximum absolute atomic E-state index is 10.8. The van der Waals surface area contributed by atoms with Gasteiger partial charge in [0, 0.05) is 6.20 Å². The van der Waals surface area contributed by atoms with Crippen molar-refractivity contribution < 1.29 is 9.90 Å². The molecule has 1 atom stereocenters. The second-order valence-corrected chi connectivity index (χ2v) is 3.10. The van der Waals surface area contributed by atoms with E-state index in [1.807, 2.05) is 6.07 Å². The van der Waals surface area contributed by atoms with Gasteiger partial charge in [0.15, 0.2) is 0 Å². The van der Waals surface area contributed by atoms with E-state index in [9.17, 15) is 4.79 Å². The summed E-state index contributed by atoms with van der Waals surface area (Å²) in [6, 6.07) is 4.22. The Bertz CT molecular complexity index is 437. The number of carbonyl (C=O) groups is 1. The van der Waals surface area contributed by atoms with E-state index in [1.54, 1.807) is 6.07 Å². The van der Waals surface area contributed by atoms with Crippen molar-refractivity contribution >= 4 is 11.8 Å². The molecule has 0 radical (unpaired) electrons. The van der Waals surface area contributed by atoms with Crippen molar-refractivity contribution in [3.8, 4) is 6.07 Å². The van der Waals surface area contributed by atoms with Crippen molar-refractivity contribution in [2.75, 3.05) is 5.32 Å². The van der Waals surface area contributed by atoms with Gasteiger partial charge in [-0.3, -0.25) is 0 Å². The minimum absolute atomic E-state index is 0.286. The van der Waals surface area contributed by atoms with Gasteiger partial charge >= 0.3 is 5.97 Å². The minimum Gasteiger partial charge on any atom is -0.480 e. The number of hydrogen-bond donors (Lipinski definition) is 2. The lowest BCUT2D eigenvalue weighted by atomic mass is 10.2. The van der Waals surface area contributed by atoms with E-state index in [0.29, 0.717) is 11.4 Å². The van der Waals surface area contributed by atoms with E-state index in [1.165, 1.54) is 18.3 Å². The molecule has 1 aromatic rings. The van der Waals surface area contributed by atoms with Crippen LogP contribution in [-0.4, -0.2) is 22.1 Å². The van der Waals surface area contributed by atoms with E-state index in [-0.39, 0.29) is 6.42 Å². The van der Waals surface area contributed by atoms with Gasteiger partial charge in [-0.05, 0) is 18.6 Å². The molecule has 16 heavy (non-hydrogen) atoms. The van der Waals surface area contributed by atoms with Crippen LogP contribution >= 0.6 is 0 Å². The SMILES string of the molecule is C=CCC(Nc1cc(C#N)ccn1)C(=O)O. The van der Waals surface area contributed by atoms with Gasteiger partial charge in [-0.2, -0.15) is 5.26 Å². The van der Waals surface area contributed by atoms with Crippen LogP contribution in [0, 0.1) is 11.3 Å². The van der Waals surface area contributed by atoms with Crippen LogP contribution in [0.4, 0.5) is 5.82 Å². The number of nitrogens with zero attached hydrogens (tertiary/aromatic N) is 2. The first-order chi connectivity index (χ1) is 7.67. The van der Waals surface area contributed by atoms with Crippen LogP contribution in [0.25, 0.3) is 0 Å². The normalized spacial score (nSPS) is 11.2. The molecule has 0 spiro atoms. The quantitative estimate of drug-likeness (QED) is 0.728. The first kappa shape index (κ1) is 11.7. The predicted octanol–water partition coefficient (Wildman–Crippen LogP) is 1.39. The molecule has 0 aliphatic rings. The Morgan fingerprint density at radius 1 is 1.81 bits per heavy atom. The van der Waals surface area contributed by atoms with E-state index in [2.05, 4.69) is 16.9 Å². The number of carboxylic acid groups (broad SMARTS) is 1. The molecule has 0 aromatic carbocycles. The second kappa shape index (κ2) is 5.51. The number of nitrogens with one attached hydrogen (secondary N) is 1. The van der Waals surface area contributed by atoms with Gasteiger partial charge in [0.2, 0.25) is 0 Å². The monoisotopic (exact) mass is 217 g/mol. The van der Waals surface area contributed by atoms with Crippen LogP contribution in [0.2, 0.25) is 0 Å². The van der Waals surface area contributed by atoms with Crippen LogP contribution in [-0.2, 0) is 4.79 Å². The second-order valence-electron chi connectivity index (χ2n) is 3.10. The number of anilines is 1. The molecule has 1 unspecified atom stereocenters. The minimum atomic E-state index is -0.982. The van der Waals surface area contributed by atoms with Gasteiger partial charge in [0.05, 0.1) is 11.6 Å². The zero-order chi connectivity index (χ0) is 12.0. The molecule has 0 bridgehead atoms. The van der Waals surface area contributed by atoms with Crippen molar-refractivity contribution in [1.82, 2.24) is 4.98 Å². The summed E-state index contributed by atoms with van der Waals surface area (Å²) in [5.41, 5.74) is 0.431. The molecule has 0 fully saturated rings. The number of aliphatic carboxylic acids is 1. The summed E-state index contributed by atoms with van der Waals surface area (Å²) in [5, 5.41) is 20.3. The Morgan fingerprint density at radius 2 is 2.56 bits per heavy atom. The van der Waals surface area contributed by atoms with Gasteiger partial charge in [0.1, 0.15) is 11.9 Å². The summed E-state index contributed by atoms with van der Waals surface area (Å²) in [5.74, 6) is -0.614. The molecular formula is C11H11N3O2. The summed E-state index contributed by atoms with van der Waals surface area (Å²) in [6.45, 7) is 3.48. The molecule has 1 heterocycles. The van der Waals surface area contributed by atoms with Crippen molar-refractivity contribution in [3.05, 3.63) is 36.5 Å². The molecule has 1 rings (SSSR count). The standard InChI is InChI=1S/C11H11N3O2/c1-2-3-9(11(15)16)14-10-6-8(7-12)4-5-13-10/h2,4-6,9H,1,3H2,(H,13,14)(H,15,16). The lowest BCUT2D eigenvalue weighted by molar-refractivity contribution is -0.137. The van der Waals surface area contributed by atoms with E-state index in [4.69, 9.17) is 10.4 Å². The maximum atomic E-state index is 10.8. The number of pyridine rings is 1. The highest BCUT2D eigenvalue weighted by atomic mass is 16.4. The van der Waals surface area contributed by atoms with Gasteiger partial charge in [0.25, 0.3) is 0 Å². The third-order valence-corrected chi connectivity index (χ3v) is 1.91. The molecule has 1 aromatic heterocycles. The third kappa shape index (κ3) is 3.10. The third-order valence-electron chi connectivity index (χ3n) is 1.91. The average molecular weight is 217 g/mol. The Hall–Kier alpha value is -2.35. The van der Waals surface area contributed by atoms with Crippen LogP contribution in [0.5, 0.6) is 0 Å². The summed E-state index contributed by atoms with van der Waals surface area (Å²) < 4.78 is 0. The first-order valence-corrected chi connectivity index (χ1v) is 4.63. The Labute approximate surface area is 93.0 Å². The Kier molecular flexibility index (Phi) is 4.04. The summed E-state index contributed by atoms with van der Waals surface area (Å²) in [7, 11) is 0. The van der Waals surface area contributed by atoms with Crippen LogP contribution in [0.1, 0.15) is 12.0 Å². The molecule has 0 aliphatic heterocycles. The largest absolute Gasteiger partial charge is 0.480 e. The van der Waals surface area contributed by atoms with Gasteiger partial charge < -0.3 is 10.4 Å². The molecule has 0 amide bonds. The predicted molar refractivity (Wildman–Crippen MR) is 58.8 cm³/mol. The van der Waals surface area contributed by atoms with E-state index < -0.39 is 12.0 Å². The summed E-state index contributed by atoms with van der Waals surface area (Å²) in [4.78, 5) is 14.8. The number of rotatable bonds is 5. The van der Waals surface area contributed by atoms with Crippen molar-refractivity contribution in [1.29, 1.82) is 5.26 Å². The molecule has 82 valence electrons. The number of carboxylic acids is 1. The fourth-order valence-corrected chi connectivity index (χ4v) is 1.15. The lowest BCUT2D eigenvalue weighted by Gasteiger charge is -2.12. The van der Waals surface area contributed by atoms with Gasteiger partial charge in [-0.1, -0.05) is 6.08 Å². The van der Waals surface area contributed by atoms with E-state index in [0.717, 1.165) is 0 Å². The molecule has 0 saturated carbocycles. The van der Waals surface area contributed by atoms with Crippen LogP contribution in [0.15, 0.2) is 31.0 Å². The van der Waals surface area contributed by atoms with Gasteiger partial charge in [-0.25, -0.2) is 9.78 Å². The molecule has 2 N–H and O–H groups in total. The first-order valence-electron chi connectivity index (χ1n) is 4.63. The molecular weight excluding hydrogens is 206 g/mol. The molecule has 0 aliphatic carbocycles. The summed E-state index contributed by atoms with van der Waals surface area (Å²) >= 11 is 0. The van der Waals surface area contributed by atoms with Crippen LogP contribution < -0.4 is 5.32 Å². The van der Waals surface area contributed by atoms with E-state index >= 15 is 0 Å². The highest BCUT2D eigenvalue weighted by Crippen LogP contribution is 2.09. The fraction of sp³-hybridized carbons (Fsp3) is 0.182. The molecule has 5 heteroatoms. The highest BCUT2D eigenvalue weighted by Gasteiger charge is 2.15. The maximum Gasteiger partial charge on any atom is 0.326 e. The molecule has 5 nitrogen and oxygen atoms in total. The average Bonchev–Trinajstić information content (AvgIpc) is 2.28. The smallest absolute Gasteiger partial charge is 0.326 e. The number of hydrogen-bond acceptors (Lipinski definition) is 4. The Balaban J connectivity index is 2.81. The van der Waals surface area contributed by atoms with Crippen molar-refractivity contribution in [2.24, 2.45) is 0 Å². The topological polar surface area (TPSA) is 86.0 Å². The number of nitriles is 1. The van der Waals surface area contributed by atoms with Crippen molar-refractivity contribution in [2.45, 2.75) is 12.5 Å². The lowest BCUT2D eigenvalue weighted by Crippen LogP contribution is -2.28. The highest BCUT2D eigenvalue weighted by molar-refractivity contribution is 5.77. The fourth-order valence-electron chi connectivity index (χ4n) is 1.15. The number of aromatic nitrogens is 1. The summed E-state index contributed by atoms with van der Waals surface area (Å²) in [6.07, 6.45) is 3.25. The molecule has 0 saturated heterocycles. The zero-order valence-corrected chi connectivity index (χ0v) is 8.55. The van der Waals surface area contributed by atoms with Crippen LogP contribution in [0.3, 0.4) is 0 Å². The Morgan fingerprint density at radius 3 is 3.12 bits per heavy atom. The zero-order valence-electron chi connectivity index (χ0n) is 8.55. The van der Waals surface area contributed by atoms with Gasteiger partial charge in [-0.15, -0.1) is 6.58 Å². The van der Waals surface area contributed by atoms with Crippen molar-refractivity contribution in [3.63, 3.8) is 0 Å².